The van der Waals surface area contributed by atoms with Gasteiger partial charge in [-0.1, -0.05) is 18.3 Å². The SMILES string of the molecule is CCc1nnsc1C(=O)N(CC)CC(C)C(=O)O. The fraction of sp³-hybridized carbons (Fsp3) is 0.636. The van der Waals surface area contributed by atoms with Crippen LogP contribution in [0, 0.1) is 5.92 Å². The topological polar surface area (TPSA) is 83.4 Å². The maximum atomic E-state index is 12.2. The first-order chi connectivity index (χ1) is 8.51. The van der Waals surface area contributed by atoms with Crippen LogP contribution in [0.5, 0.6) is 0 Å². The van der Waals surface area contributed by atoms with Gasteiger partial charge in [0, 0.05) is 13.1 Å². The Morgan fingerprint density at radius 3 is 2.61 bits per heavy atom. The van der Waals surface area contributed by atoms with Gasteiger partial charge in [0.15, 0.2) is 0 Å². The Morgan fingerprint density at radius 1 is 1.44 bits per heavy atom. The van der Waals surface area contributed by atoms with E-state index >= 15 is 0 Å². The quantitative estimate of drug-likeness (QED) is 0.842. The van der Waals surface area contributed by atoms with Crippen LogP contribution in [0.4, 0.5) is 0 Å². The predicted molar refractivity (Wildman–Crippen MR) is 67.7 cm³/mol. The smallest absolute Gasteiger partial charge is 0.308 e. The summed E-state index contributed by atoms with van der Waals surface area (Å²) in [4.78, 5) is 25.1. The molecule has 1 unspecified atom stereocenters. The van der Waals surface area contributed by atoms with E-state index in [-0.39, 0.29) is 12.5 Å². The summed E-state index contributed by atoms with van der Waals surface area (Å²) < 4.78 is 3.77. The third-order valence-electron chi connectivity index (χ3n) is 2.67. The van der Waals surface area contributed by atoms with E-state index in [9.17, 15) is 9.59 Å². The highest BCUT2D eigenvalue weighted by Gasteiger charge is 2.24. The first kappa shape index (κ1) is 14.6. The van der Waals surface area contributed by atoms with Gasteiger partial charge in [0.2, 0.25) is 0 Å². The summed E-state index contributed by atoms with van der Waals surface area (Å²) in [6, 6.07) is 0. The highest BCUT2D eigenvalue weighted by molar-refractivity contribution is 7.08. The van der Waals surface area contributed by atoms with Crippen molar-refractivity contribution >= 4 is 23.4 Å². The first-order valence-corrected chi connectivity index (χ1v) is 6.61. The number of aliphatic carboxylic acids is 1. The van der Waals surface area contributed by atoms with Crippen LogP contribution in [-0.2, 0) is 11.2 Å². The standard InChI is InChI=1S/C11H17N3O3S/c1-4-8-9(18-13-12-8)10(15)14(5-2)6-7(3)11(16)17/h7H,4-6H2,1-3H3,(H,16,17). The summed E-state index contributed by atoms with van der Waals surface area (Å²) in [6.07, 6.45) is 0.642. The summed E-state index contributed by atoms with van der Waals surface area (Å²) in [5, 5.41) is 12.8. The van der Waals surface area contributed by atoms with E-state index in [0.717, 1.165) is 11.5 Å². The second kappa shape index (κ2) is 6.44. The number of hydrogen-bond acceptors (Lipinski definition) is 5. The Balaban J connectivity index is 2.83. The average Bonchev–Trinajstić information content (AvgIpc) is 2.82. The van der Waals surface area contributed by atoms with Crippen molar-refractivity contribution < 1.29 is 14.7 Å². The maximum absolute atomic E-state index is 12.2. The molecule has 0 aliphatic rings. The summed E-state index contributed by atoms with van der Waals surface area (Å²) in [5.41, 5.74) is 0.673. The molecule has 7 heteroatoms. The molecule has 0 saturated carbocycles. The highest BCUT2D eigenvalue weighted by atomic mass is 32.1. The molecule has 0 bridgehead atoms. The van der Waals surface area contributed by atoms with Gasteiger partial charge in [-0.15, -0.1) is 5.10 Å². The fourth-order valence-corrected chi connectivity index (χ4v) is 2.23. The molecular formula is C11H17N3O3S. The monoisotopic (exact) mass is 271 g/mol. The molecule has 1 N–H and O–H groups in total. The average molecular weight is 271 g/mol. The van der Waals surface area contributed by atoms with Crippen LogP contribution < -0.4 is 0 Å². The second-order valence-electron chi connectivity index (χ2n) is 3.99. The largest absolute Gasteiger partial charge is 0.481 e. The zero-order valence-electron chi connectivity index (χ0n) is 10.7. The molecule has 100 valence electrons. The molecule has 0 fully saturated rings. The van der Waals surface area contributed by atoms with Crippen molar-refractivity contribution in [2.24, 2.45) is 5.92 Å². The lowest BCUT2D eigenvalue weighted by molar-refractivity contribution is -0.141. The number of carboxylic acids is 1. The molecule has 1 heterocycles. The Bertz CT molecular complexity index is 433. The van der Waals surface area contributed by atoms with Crippen molar-refractivity contribution in [3.63, 3.8) is 0 Å². The minimum atomic E-state index is -0.903. The van der Waals surface area contributed by atoms with Gasteiger partial charge in [0.1, 0.15) is 4.88 Å². The number of hydrogen-bond donors (Lipinski definition) is 1. The molecule has 1 atom stereocenters. The van der Waals surface area contributed by atoms with Gasteiger partial charge in [-0.3, -0.25) is 9.59 Å². The Morgan fingerprint density at radius 2 is 2.11 bits per heavy atom. The molecule has 1 aromatic rings. The van der Waals surface area contributed by atoms with Crippen molar-refractivity contribution in [3.8, 4) is 0 Å². The summed E-state index contributed by atoms with van der Waals surface area (Å²) in [7, 11) is 0. The number of carbonyl (C=O) groups excluding carboxylic acids is 1. The molecule has 0 aliphatic carbocycles. The van der Waals surface area contributed by atoms with Gasteiger partial charge in [0.25, 0.3) is 5.91 Å². The third kappa shape index (κ3) is 3.25. The number of rotatable bonds is 6. The normalized spacial score (nSPS) is 12.2. The van der Waals surface area contributed by atoms with Crippen LogP contribution in [0.3, 0.4) is 0 Å². The zero-order chi connectivity index (χ0) is 13.7. The number of nitrogens with zero attached hydrogens (tertiary/aromatic N) is 3. The van der Waals surface area contributed by atoms with Crippen molar-refractivity contribution in [1.82, 2.24) is 14.5 Å². The molecule has 1 amide bonds. The van der Waals surface area contributed by atoms with E-state index in [1.807, 2.05) is 13.8 Å². The van der Waals surface area contributed by atoms with Crippen LogP contribution in [0.15, 0.2) is 0 Å². The van der Waals surface area contributed by atoms with Gasteiger partial charge in [-0.2, -0.15) is 0 Å². The molecular weight excluding hydrogens is 254 g/mol. The Hall–Kier alpha value is -1.50. The number of amides is 1. The van der Waals surface area contributed by atoms with Crippen molar-refractivity contribution in [1.29, 1.82) is 0 Å². The van der Waals surface area contributed by atoms with E-state index < -0.39 is 11.9 Å². The fourth-order valence-electron chi connectivity index (χ4n) is 1.51. The number of aromatic nitrogens is 2. The van der Waals surface area contributed by atoms with E-state index in [1.54, 1.807) is 6.92 Å². The maximum Gasteiger partial charge on any atom is 0.308 e. The molecule has 0 spiro atoms. The summed E-state index contributed by atoms with van der Waals surface area (Å²) in [5.74, 6) is -1.67. The molecule has 0 radical (unpaired) electrons. The first-order valence-electron chi connectivity index (χ1n) is 5.84. The van der Waals surface area contributed by atoms with E-state index in [0.29, 0.717) is 23.5 Å². The highest BCUT2D eigenvalue weighted by Crippen LogP contribution is 2.15. The number of carbonyl (C=O) groups is 2. The van der Waals surface area contributed by atoms with Crippen LogP contribution in [-0.4, -0.2) is 44.6 Å². The third-order valence-corrected chi connectivity index (χ3v) is 3.43. The van der Waals surface area contributed by atoms with Gasteiger partial charge < -0.3 is 10.0 Å². The lowest BCUT2D eigenvalue weighted by atomic mass is 10.1. The van der Waals surface area contributed by atoms with Gasteiger partial charge in [0.05, 0.1) is 11.6 Å². The Kier molecular flexibility index (Phi) is 5.21. The van der Waals surface area contributed by atoms with Crippen LogP contribution in [0.2, 0.25) is 0 Å². The van der Waals surface area contributed by atoms with E-state index in [2.05, 4.69) is 9.59 Å². The molecule has 1 rings (SSSR count). The Labute approximate surface area is 110 Å². The van der Waals surface area contributed by atoms with Crippen LogP contribution in [0.1, 0.15) is 36.1 Å². The molecule has 6 nitrogen and oxygen atoms in total. The van der Waals surface area contributed by atoms with Gasteiger partial charge in [-0.25, -0.2) is 0 Å². The minimum Gasteiger partial charge on any atom is -0.481 e. The summed E-state index contributed by atoms with van der Waals surface area (Å²) >= 11 is 1.06. The molecule has 1 aromatic heterocycles. The van der Waals surface area contributed by atoms with Crippen LogP contribution in [0.25, 0.3) is 0 Å². The van der Waals surface area contributed by atoms with Crippen molar-refractivity contribution in [2.45, 2.75) is 27.2 Å². The van der Waals surface area contributed by atoms with Crippen molar-refractivity contribution in [3.05, 3.63) is 10.6 Å². The zero-order valence-corrected chi connectivity index (χ0v) is 11.5. The predicted octanol–water partition coefficient (Wildman–Crippen LogP) is 1.28. The summed E-state index contributed by atoms with van der Waals surface area (Å²) in [6.45, 7) is 5.99. The lowest BCUT2D eigenvalue weighted by Gasteiger charge is -2.22. The van der Waals surface area contributed by atoms with E-state index in [1.165, 1.54) is 4.90 Å². The van der Waals surface area contributed by atoms with Crippen LogP contribution >= 0.6 is 11.5 Å². The molecule has 0 aliphatic heterocycles. The van der Waals surface area contributed by atoms with Gasteiger partial charge in [-0.05, 0) is 24.9 Å². The molecule has 0 aromatic carbocycles. The van der Waals surface area contributed by atoms with Gasteiger partial charge >= 0.3 is 5.97 Å². The van der Waals surface area contributed by atoms with E-state index in [4.69, 9.17) is 5.11 Å². The molecule has 0 saturated heterocycles. The van der Waals surface area contributed by atoms with Crippen molar-refractivity contribution in [2.75, 3.05) is 13.1 Å². The number of aryl methyl sites for hydroxylation is 1. The lowest BCUT2D eigenvalue weighted by Crippen LogP contribution is -2.36. The minimum absolute atomic E-state index is 0.183. The second-order valence-corrected chi connectivity index (χ2v) is 4.74. The molecule has 18 heavy (non-hydrogen) atoms. The number of carboxylic acid groups (broad SMARTS) is 1.